The molecule has 13 heavy (non-hydrogen) atoms. The van der Waals surface area contributed by atoms with Crippen LogP contribution in [-0.2, 0) is 9.53 Å². The first kappa shape index (κ1) is 10.5. The van der Waals surface area contributed by atoms with E-state index in [0.29, 0.717) is 12.8 Å². The Labute approximate surface area is 79.1 Å². The lowest BCUT2D eigenvalue weighted by Gasteiger charge is -2.25. The molecule has 0 bridgehead atoms. The van der Waals surface area contributed by atoms with Crippen LogP contribution in [0.5, 0.6) is 0 Å². The molecule has 1 fully saturated rings. The van der Waals surface area contributed by atoms with Crippen molar-refractivity contribution in [2.75, 3.05) is 0 Å². The molecular weight excluding hydrogens is 168 g/mol. The van der Waals surface area contributed by atoms with Crippen LogP contribution < -0.4 is 0 Å². The second-order valence-electron chi connectivity index (χ2n) is 4.05. The number of ether oxygens (including phenoxy) is 1. The van der Waals surface area contributed by atoms with Crippen LogP contribution >= 0.6 is 0 Å². The fraction of sp³-hybridized carbons (Fsp3) is 0.900. The number of hydrogen-bond acceptors (Lipinski definition) is 3. The lowest BCUT2D eigenvalue weighted by atomic mass is 9.97. The van der Waals surface area contributed by atoms with Crippen molar-refractivity contribution in [3.63, 3.8) is 0 Å². The van der Waals surface area contributed by atoms with Gasteiger partial charge in [-0.2, -0.15) is 0 Å². The third kappa shape index (κ3) is 3.35. The summed E-state index contributed by atoms with van der Waals surface area (Å²) < 4.78 is 5.11. The Morgan fingerprint density at radius 2 is 2.31 bits per heavy atom. The minimum atomic E-state index is -0.351. The summed E-state index contributed by atoms with van der Waals surface area (Å²) in [6.45, 7) is 3.94. The third-order valence-corrected chi connectivity index (χ3v) is 2.48. The largest absolute Gasteiger partial charge is 0.462 e. The summed E-state index contributed by atoms with van der Waals surface area (Å²) >= 11 is 0. The van der Waals surface area contributed by atoms with Gasteiger partial charge in [-0.3, -0.25) is 4.79 Å². The van der Waals surface area contributed by atoms with Gasteiger partial charge in [0.25, 0.3) is 0 Å². The Morgan fingerprint density at radius 3 is 2.85 bits per heavy atom. The summed E-state index contributed by atoms with van der Waals surface area (Å²) in [7, 11) is 0. The molecule has 1 rings (SSSR count). The monoisotopic (exact) mass is 186 g/mol. The average Bonchev–Trinajstić information content (AvgIpc) is 2.04. The van der Waals surface area contributed by atoms with Crippen molar-refractivity contribution in [1.29, 1.82) is 0 Å². The molecule has 1 aliphatic rings. The predicted molar refractivity (Wildman–Crippen MR) is 49.2 cm³/mol. The quantitative estimate of drug-likeness (QED) is 0.679. The number of rotatable bonds is 3. The molecule has 1 aliphatic heterocycles. The highest BCUT2D eigenvalue weighted by Gasteiger charge is 2.23. The van der Waals surface area contributed by atoms with E-state index in [1.165, 1.54) is 0 Å². The number of carbonyl (C=O) groups excluding carboxylic acids is 1. The van der Waals surface area contributed by atoms with Gasteiger partial charge in [0, 0.05) is 12.8 Å². The number of cyclic esters (lactones) is 1. The Hall–Kier alpha value is -0.570. The maximum atomic E-state index is 10.9. The van der Waals surface area contributed by atoms with Crippen LogP contribution in [0, 0.1) is 5.92 Å². The SMILES string of the molecule is CC(C)C(O)C[C@H]1CCCC(=O)O1. The number of carbonyl (C=O) groups is 1. The van der Waals surface area contributed by atoms with Gasteiger partial charge in [-0.1, -0.05) is 13.8 Å². The van der Waals surface area contributed by atoms with Gasteiger partial charge >= 0.3 is 5.97 Å². The van der Waals surface area contributed by atoms with Gasteiger partial charge in [-0.15, -0.1) is 0 Å². The van der Waals surface area contributed by atoms with Gasteiger partial charge in [0.1, 0.15) is 6.10 Å². The van der Waals surface area contributed by atoms with Gasteiger partial charge in [-0.05, 0) is 18.8 Å². The van der Waals surface area contributed by atoms with Crippen molar-refractivity contribution >= 4 is 5.97 Å². The van der Waals surface area contributed by atoms with Crippen LogP contribution in [0.2, 0.25) is 0 Å². The summed E-state index contributed by atoms with van der Waals surface area (Å²) in [6, 6.07) is 0. The zero-order chi connectivity index (χ0) is 9.84. The van der Waals surface area contributed by atoms with Crippen LogP contribution in [0.4, 0.5) is 0 Å². The van der Waals surface area contributed by atoms with Crippen molar-refractivity contribution in [1.82, 2.24) is 0 Å². The van der Waals surface area contributed by atoms with Crippen LogP contribution in [-0.4, -0.2) is 23.3 Å². The average molecular weight is 186 g/mol. The molecule has 3 nitrogen and oxygen atoms in total. The molecule has 1 N–H and O–H groups in total. The summed E-state index contributed by atoms with van der Waals surface area (Å²) in [6.07, 6.45) is 2.51. The van der Waals surface area contributed by atoms with E-state index in [1.807, 2.05) is 13.8 Å². The zero-order valence-electron chi connectivity index (χ0n) is 8.32. The molecule has 1 unspecified atom stereocenters. The Kier molecular flexibility index (Phi) is 3.72. The van der Waals surface area contributed by atoms with Crippen molar-refractivity contribution in [3.8, 4) is 0 Å². The highest BCUT2D eigenvalue weighted by atomic mass is 16.5. The van der Waals surface area contributed by atoms with Crippen molar-refractivity contribution < 1.29 is 14.6 Å². The number of aliphatic hydroxyl groups excluding tert-OH is 1. The molecule has 3 heteroatoms. The molecule has 0 spiro atoms. The summed E-state index contributed by atoms with van der Waals surface area (Å²) in [5, 5.41) is 9.57. The maximum absolute atomic E-state index is 10.9. The van der Waals surface area contributed by atoms with Crippen molar-refractivity contribution in [2.24, 2.45) is 5.92 Å². The minimum absolute atomic E-state index is 0.0568. The molecular formula is C10H18O3. The molecule has 0 saturated carbocycles. The highest BCUT2D eigenvalue weighted by Crippen LogP contribution is 2.20. The molecule has 1 saturated heterocycles. The van der Waals surface area contributed by atoms with Crippen molar-refractivity contribution in [2.45, 2.75) is 51.7 Å². The van der Waals surface area contributed by atoms with E-state index in [-0.39, 0.29) is 24.1 Å². The smallest absolute Gasteiger partial charge is 0.306 e. The van der Waals surface area contributed by atoms with E-state index < -0.39 is 0 Å². The highest BCUT2D eigenvalue weighted by molar-refractivity contribution is 5.70. The third-order valence-electron chi connectivity index (χ3n) is 2.48. The van der Waals surface area contributed by atoms with E-state index >= 15 is 0 Å². The predicted octanol–water partition coefficient (Wildman–Crippen LogP) is 1.49. The van der Waals surface area contributed by atoms with Crippen LogP contribution in [0.25, 0.3) is 0 Å². The summed E-state index contributed by atoms with van der Waals surface area (Å²) in [5.74, 6) is 0.118. The maximum Gasteiger partial charge on any atom is 0.306 e. The number of esters is 1. The molecule has 0 aromatic carbocycles. The second kappa shape index (κ2) is 4.61. The van der Waals surface area contributed by atoms with E-state index in [0.717, 1.165) is 12.8 Å². The number of aliphatic hydroxyl groups is 1. The van der Waals surface area contributed by atoms with Crippen LogP contribution in [0.15, 0.2) is 0 Å². The van der Waals surface area contributed by atoms with Gasteiger partial charge in [0.15, 0.2) is 0 Å². The molecule has 0 amide bonds. The molecule has 0 radical (unpaired) electrons. The Bertz CT molecular complexity index is 177. The van der Waals surface area contributed by atoms with E-state index in [4.69, 9.17) is 4.74 Å². The van der Waals surface area contributed by atoms with Crippen molar-refractivity contribution in [3.05, 3.63) is 0 Å². The van der Waals surface area contributed by atoms with Gasteiger partial charge < -0.3 is 9.84 Å². The van der Waals surface area contributed by atoms with Gasteiger partial charge in [0.05, 0.1) is 6.10 Å². The molecule has 0 aromatic heterocycles. The summed E-state index contributed by atoms with van der Waals surface area (Å²) in [5.41, 5.74) is 0. The first-order valence-electron chi connectivity index (χ1n) is 4.97. The molecule has 1 heterocycles. The second-order valence-corrected chi connectivity index (χ2v) is 4.05. The normalized spacial score (nSPS) is 25.8. The van der Waals surface area contributed by atoms with Gasteiger partial charge in [-0.25, -0.2) is 0 Å². The molecule has 0 aromatic rings. The van der Waals surface area contributed by atoms with Gasteiger partial charge in [0.2, 0.25) is 0 Å². The minimum Gasteiger partial charge on any atom is -0.462 e. The van der Waals surface area contributed by atoms with Crippen LogP contribution in [0.1, 0.15) is 39.5 Å². The lowest BCUT2D eigenvalue weighted by Crippen LogP contribution is -2.29. The zero-order valence-corrected chi connectivity index (χ0v) is 8.32. The standard InChI is InChI=1S/C10H18O3/c1-7(2)9(11)6-8-4-3-5-10(12)13-8/h7-9,11H,3-6H2,1-2H3/t8-,9?/m1/s1. The molecule has 76 valence electrons. The van der Waals surface area contributed by atoms with E-state index in [9.17, 15) is 9.90 Å². The first-order chi connectivity index (χ1) is 6.09. The van der Waals surface area contributed by atoms with Crippen LogP contribution in [0.3, 0.4) is 0 Å². The molecule has 0 aliphatic carbocycles. The Balaban J connectivity index is 2.31. The summed E-state index contributed by atoms with van der Waals surface area (Å²) in [4.78, 5) is 10.9. The topological polar surface area (TPSA) is 46.5 Å². The number of hydrogen-bond donors (Lipinski definition) is 1. The first-order valence-corrected chi connectivity index (χ1v) is 4.97. The lowest BCUT2D eigenvalue weighted by molar-refractivity contribution is -0.155. The fourth-order valence-corrected chi connectivity index (χ4v) is 1.49. The molecule has 2 atom stereocenters. The fourth-order valence-electron chi connectivity index (χ4n) is 1.49. The van der Waals surface area contributed by atoms with E-state index in [2.05, 4.69) is 0 Å². The van der Waals surface area contributed by atoms with E-state index in [1.54, 1.807) is 0 Å². The Morgan fingerprint density at radius 1 is 1.62 bits per heavy atom.